The molecule has 1 heterocycles. The first-order valence-electron chi connectivity index (χ1n) is 7.80. The van der Waals surface area contributed by atoms with Crippen LogP contribution in [-0.4, -0.2) is 15.7 Å². The van der Waals surface area contributed by atoms with Crippen molar-refractivity contribution in [2.24, 2.45) is 0 Å². The lowest BCUT2D eigenvalue weighted by molar-refractivity contribution is -0.115. The fourth-order valence-corrected chi connectivity index (χ4v) is 3.13. The molecule has 0 unspecified atom stereocenters. The van der Waals surface area contributed by atoms with Gasteiger partial charge < -0.3 is 5.32 Å². The molecule has 0 aliphatic heterocycles. The number of benzene rings is 1. The first-order valence-corrected chi connectivity index (χ1v) is 8.18. The number of carbonyl (C=O) groups excluding carboxylic acids is 1. The molecular weight excluding hydrogens is 298 g/mol. The zero-order valence-electron chi connectivity index (χ0n) is 12.5. The highest BCUT2D eigenvalue weighted by atomic mass is 35.5. The van der Waals surface area contributed by atoms with Crippen LogP contribution in [0.15, 0.2) is 36.5 Å². The lowest BCUT2D eigenvalue weighted by Gasteiger charge is -2.23. The van der Waals surface area contributed by atoms with E-state index in [2.05, 4.69) is 10.4 Å². The summed E-state index contributed by atoms with van der Waals surface area (Å²) in [4.78, 5) is 12.2. The minimum Gasteiger partial charge on any atom is -0.311 e. The van der Waals surface area contributed by atoms with Crippen molar-refractivity contribution in [3.63, 3.8) is 0 Å². The highest BCUT2D eigenvalue weighted by molar-refractivity contribution is 6.30. The Hall–Kier alpha value is -1.81. The number of aromatic nitrogens is 2. The van der Waals surface area contributed by atoms with Gasteiger partial charge in [0.1, 0.15) is 5.82 Å². The quantitative estimate of drug-likeness (QED) is 0.917. The first-order chi connectivity index (χ1) is 10.7. The third kappa shape index (κ3) is 3.69. The van der Waals surface area contributed by atoms with E-state index in [0.717, 1.165) is 24.2 Å². The molecule has 2 aromatic rings. The third-order valence-electron chi connectivity index (χ3n) is 4.14. The maximum Gasteiger partial charge on any atom is 0.229 e. The number of nitrogens with zero attached hydrogens (tertiary/aromatic N) is 2. The Morgan fingerprint density at radius 3 is 2.64 bits per heavy atom. The second-order valence-corrected chi connectivity index (χ2v) is 6.24. The van der Waals surface area contributed by atoms with Gasteiger partial charge in [-0.25, -0.2) is 4.68 Å². The van der Waals surface area contributed by atoms with Crippen LogP contribution in [0.5, 0.6) is 0 Å². The van der Waals surface area contributed by atoms with Crippen LogP contribution in [0.25, 0.3) is 0 Å². The van der Waals surface area contributed by atoms with E-state index < -0.39 is 0 Å². The molecule has 0 bridgehead atoms. The van der Waals surface area contributed by atoms with Gasteiger partial charge in [-0.15, -0.1) is 0 Å². The maximum absolute atomic E-state index is 12.2. The molecule has 0 spiro atoms. The Bertz CT molecular complexity index is 630. The molecule has 3 rings (SSSR count). The Balaban J connectivity index is 1.64. The van der Waals surface area contributed by atoms with E-state index in [-0.39, 0.29) is 5.91 Å². The lowest BCUT2D eigenvalue weighted by Crippen LogP contribution is -2.21. The molecule has 1 saturated carbocycles. The summed E-state index contributed by atoms with van der Waals surface area (Å²) in [7, 11) is 0. The van der Waals surface area contributed by atoms with Crippen molar-refractivity contribution >= 4 is 23.3 Å². The Labute approximate surface area is 135 Å². The standard InChI is InChI=1S/C17H20ClN3O/c18-14-8-6-13(7-9-14)12-17(22)20-16-10-11-19-21(16)15-4-2-1-3-5-15/h6-11,15H,1-5,12H2,(H,20,22). The molecule has 1 fully saturated rings. The second kappa shape index (κ2) is 6.97. The van der Waals surface area contributed by atoms with Crippen LogP contribution < -0.4 is 5.32 Å². The second-order valence-electron chi connectivity index (χ2n) is 5.80. The summed E-state index contributed by atoms with van der Waals surface area (Å²) in [5, 5.41) is 8.06. The van der Waals surface area contributed by atoms with Gasteiger partial charge in [-0.1, -0.05) is 43.0 Å². The average molecular weight is 318 g/mol. The van der Waals surface area contributed by atoms with Gasteiger partial charge in [-0.3, -0.25) is 4.79 Å². The van der Waals surface area contributed by atoms with Crippen molar-refractivity contribution in [1.82, 2.24) is 9.78 Å². The highest BCUT2D eigenvalue weighted by Gasteiger charge is 2.19. The largest absolute Gasteiger partial charge is 0.311 e. The van der Waals surface area contributed by atoms with E-state index in [4.69, 9.17) is 11.6 Å². The summed E-state index contributed by atoms with van der Waals surface area (Å²) in [6.45, 7) is 0. The molecular formula is C17H20ClN3O. The fraction of sp³-hybridized carbons (Fsp3) is 0.412. The normalized spacial score (nSPS) is 15.7. The van der Waals surface area contributed by atoms with Gasteiger partial charge in [0.15, 0.2) is 0 Å². The minimum atomic E-state index is -0.0279. The van der Waals surface area contributed by atoms with Crippen molar-refractivity contribution in [3.05, 3.63) is 47.1 Å². The summed E-state index contributed by atoms with van der Waals surface area (Å²) in [5.74, 6) is 0.769. The molecule has 0 atom stereocenters. The van der Waals surface area contributed by atoms with Gasteiger partial charge in [-0.05, 0) is 30.5 Å². The van der Waals surface area contributed by atoms with E-state index in [1.807, 2.05) is 22.9 Å². The maximum atomic E-state index is 12.2. The lowest BCUT2D eigenvalue weighted by atomic mass is 9.96. The average Bonchev–Trinajstić information content (AvgIpc) is 2.98. The van der Waals surface area contributed by atoms with E-state index in [1.54, 1.807) is 18.3 Å². The van der Waals surface area contributed by atoms with Crippen LogP contribution in [0.4, 0.5) is 5.82 Å². The third-order valence-corrected chi connectivity index (χ3v) is 4.39. The molecule has 1 N–H and O–H groups in total. The summed E-state index contributed by atoms with van der Waals surface area (Å²) < 4.78 is 1.97. The van der Waals surface area contributed by atoms with Gasteiger partial charge >= 0.3 is 0 Å². The fourth-order valence-electron chi connectivity index (χ4n) is 3.00. The summed E-state index contributed by atoms with van der Waals surface area (Å²) >= 11 is 5.86. The summed E-state index contributed by atoms with van der Waals surface area (Å²) in [6, 6.07) is 9.64. The molecule has 22 heavy (non-hydrogen) atoms. The Morgan fingerprint density at radius 2 is 1.91 bits per heavy atom. The molecule has 4 nitrogen and oxygen atoms in total. The van der Waals surface area contributed by atoms with Crippen LogP contribution >= 0.6 is 11.6 Å². The number of halogens is 1. The van der Waals surface area contributed by atoms with E-state index in [9.17, 15) is 4.79 Å². The van der Waals surface area contributed by atoms with Crippen LogP contribution in [0.3, 0.4) is 0 Å². The number of hydrogen-bond donors (Lipinski definition) is 1. The monoisotopic (exact) mass is 317 g/mol. The van der Waals surface area contributed by atoms with Crippen LogP contribution in [0, 0.1) is 0 Å². The molecule has 1 aliphatic rings. The Morgan fingerprint density at radius 1 is 1.18 bits per heavy atom. The molecule has 1 aromatic carbocycles. The van der Waals surface area contributed by atoms with E-state index >= 15 is 0 Å². The first kappa shape index (κ1) is 15.1. The van der Waals surface area contributed by atoms with Crippen LogP contribution in [0.2, 0.25) is 5.02 Å². The van der Waals surface area contributed by atoms with Crippen molar-refractivity contribution < 1.29 is 4.79 Å². The molecule has 0 saturated heterocycles. The predicted molar refractivity (Wildman–Crippen MR) is 88.1 cm³/mol. The predicted octanol–water partition coefficient (Wildman–Crippen LogP) is 4.22. The van der Waals surface area contributed by atoms with Crippen molar-refractivity contribution in [1.29, 1.82) is 0 Å². The van der Waals surface area contributed by atoms with Gasteiger partial charge in [0.2, 0.25) is 5.91 Å². The van der Waals surface area contributed by atoms with Gasteiger partial charge in [0.05, 0.1) is 18.7 Å². The number of nitrogens with one attached hydrogen (secondary N) is 1. The van der Waals surface area contributed by atoms with Gasteiger partial charge in [0.25, 0.3) is 0 Å². The zero-order valence-corrected chi connectivity index (χ0v) is 13.2. The van der Waals surface area contributed by atoms with E-state index in [1.165, 1.54) is 19.3 Å². The molecule has 116 valence electrons. The number of carbonyl (C=O) groups is 1. The SMILES string of the molecule is O=C(Cc1ccc(Cl)cc1)Nc1ccnn1C1CCCCC1. The molecule has 1 aliphatic carbocycles. The number of hydrogen-bond acceptors (Lipinski definition) is 2. The molecule has 1 aromatic heterocycles. The smallest absolute Gasteiger partial charge is 0.229 e. The van der Waals surface area contributed by atoms with Crippen molar-refractivity contribution in [2.45, 2.75) is 44.6 Å². The number of anilines is 1. The summed E-state index contributed by atoms with van der Waals surface area (Å²) in [6.07, 6.45) is 8.16. The summed E-state index contributed by atoms with van der Waals surface area (Å²) in [5.41, 5.74) is 0.950. The highest BCUT2D eigenvalue weighted by Crippen LogP contribution is 2.29. The van der Waals surface area contributed by atoms with Gasteiger partial charge in [0, 0.05) is 11.1 Å². The van der Waals surface area contributed by atoms with Crippen molar-refractivity contribution in [3.8, 4) is 0 Å². The topological polar surface area (TPSA) is 46.9 Å². The minimum absolute atomic E-state index is 0.0279. The van der Waals surface area contributed by atoms with Gasteiger partial charge in [-0.2, -0.15) is 5.10 Å². The van der Waals surface area contributed by atoms with Crippen LogP contribution in [0.1, 0.15) is 43.7 Å². The molecule has 0 radical (unpaired) electrons. The van der Waals surface area contributed by atoms with Crippen LogP contribution in [-0.2, 0) is 11.2 Å². The molecule has 1 amide bonds. The van der Waals surface area contributed by atoms with E-state index in [0.29, 0.717) is 17.5 Å². The number of amides is 1. The molecule has 5 heteroatoms. The zero-order chi connectivity index (χ0) is 15.4. The Kier molecular flexibility index (Phi) is 4.78. The number of rotatable bonds is 4. The van der Waals surface area contributed by atoms with Crippen molar-refractivity contribution in [2.75, 3.05) is 5.32 Å².